The van der Waals surface area contributed by atoms with Crippen molar-refractivity contribution in [2.75, 3.05) is 4.90 Å². The van der Waals surface area contributed by atoms with Crippen molar-refractivity contribution in [1.82, 2.24) is 33.2 Å². The van der Waals surface area contributed by atoms with Crippen LogP contribution in [0.2, 0.25) is 0 Å². The van der Waals surface area contributed by atoms with Crippen molar-refractivity contribution in [3.05, 3.63) is 303 Å². The van der Waals surface area contributed by atoms with Crippen LogP contribution in [0.3, 0.4) is 0 Å². The summed E-state index contributed by atoms with van der Waals surface area (Å²) in [7, 11) is 0. The normalized spacial score (nSPS) is 13.4. The Balaban J connectivity index is 0.00000778. The van der Waals surface area contributed by atoms with Crippen molar-refractivity contribution in [2.24, 2.45) is 0 Å². The molecule has 0 N–H and O–H groups in total. The van der Waals surface area contributed by atoms with Crippen molar-refractivity contribution in [2.45, 2.75) is 26.2 Å². The molecule has 0 saturated carbocycles. The van der Waals surface area contributed by atoms with Gasteiger partial charge < -0.3 is 14.0 Å². The second-order valence-corrected chi connectivity index (χ2v) is 23.0. The summed E-state index contributed by atoms with van der Waals surface area (Å²) in [6.07, 6.45) is 5.44. The molecule has 0 aliphatic carbocycles. The molecule has 0 spiro atoms. The third-order valence-electron chi connectivity index (χ3n) is 16.8. The zero-order valence-corrected chi connectivity index (χ0v) is 50.9. The Morgan fingerprint density at radius 2 is 0.967 bits per heavy atom. The zero-order chi connectivity index (χ0) is 68.0. The Morgan fingerprint density at radius 3 is 1.56 bits per heavy atom. The van der Waals surface area contributed by atoms with E-state index in [-0.39, 0.29) is 54.4 Å². The summed E-state index contributed by atoms with van der Waals surface area (Å²) in [5, 5.41) is 6.09. The van der Waals surface area contributed by atoms with E-state index in [4.69, 9.17) is 23.2 Å². The topological polar surface area (TPSA) is 65.5 Å². The summed E-state index contributed by atoms with van der Waals surface area (Å²) >= 11 is 0. The number of fused-ring (bicyclic) bond motifs is 10. The maximum Gasteiger partial charge on any atom is 0.268 e. The second-order valence-electron chi connectivity index (χ2n) is 23.0. The third-order valence-corrected chi connectivity index (χ3v) is 16.8. The number of aromatic nitrogens is 8. The molecule has 9 nitrogen and oxygen atoms in total. The Hall–Kier alpha value is -11.0. The molecular weight excluding hydrogens is 1280 g/mol. The van der Waals surface area contributed by atoms with E-state index in [1.54, 1.807) is 27.3 Å². The fourth-order valence-corrected chi connectivity index (χ4v) is 12.7. The molecule has 6 aromatic heterocycles. The molecule has 90 heavy (non-hydrogen) atoms. The molecule has 0 bridgehead atoms. The van der Waals surface area contributed by atoms with Crippen LogP contribution in [0.1, 0.15) is 40.0 Å². The Morgan fingerprint density at radius 1 is 0.456 bits per heavy atom. The van der Waals surface area contributed by atoms with Crippen LogP contribution in [0.5, 0.6) is 0 Å². The summed E-state index contributed by atoms with van der Waals surface area (Å²) in [6.45, 7) is 6.56. The van der Waals surface area contributed by atoms with Crippen LogP contribution in [0.4, 0.5) is 17.2 Å². The molecule has 10 heteroatoms. The van der Waals surface area contributed by atoms with Gasteiger partial charge in [0.2, 0.25) is 5.95 Å². The zero-order valence-electron chi connectivity index (χ0n) is 58.6. The number of benzene rings is 11. The van der Waals surface area contributed by atoms with Crippen molar-refractivity contribution >= 4 is 93.6 Å². The average molecular weight is 1350 g/mol. The molecular formula is C80H55N9Pt-2. The molecule has 0 saturated heterocycles. The summed E-state index contributed by atoms with van der Waals surface area (Å²) in [4.78, 5) is 18.4. The van der Waals surface area contributed by atoms with Gasteiger partial charge in [-0.2, -0.15) is 34.2 Å². The Labute approximate surface area is 548 Å². The number of para-hydroxylation sites is 8. The largest absolute Gasteiger partial charge is 0.344 e. The van der Waals surface area contributed by atoms with Gasteiger partial charge in [0, 0.05) is 60.4 Å². The van der Waals surface area contributed by atoms with Gasteiger partial charge in [-0.1, -0.05) is 232 Å². The minimum Gasteiger partial charge on any atom is -0.344 e. The maximum atomic E-state index is 9.32. The summed E-state index contributed by atoms with van der Waals surface area (Å²) in [5.41, 5.74) is 8.97. The van der Waals surface area contributed by atoms with Gasteiger partial charge in [0.25, 0.3) is 6.33 Å². The van der Waals surface area contributed by atoms with Gasteiger partial charge in [-0.15, -0.1) is 23.6 Å². The number of hydrogen-bond acceptors (Lipinski definition) is 4. The van der Waals surface area contributed by atoms with Crippen LogP contribution >= 0.6 is 0 Å². The number of nitrogens with zero attached hydrogens (tertiary/aromatic N) is 9. The first-order valence-corrected chi connectivity index (χ1v) is 29.3. The first kappa shape index (κ1) is 44.4. The van der Waals surface area contributed by atoms with E-state index >= 15 is 0 Å². The molecule has 11 aromatic carbocycles. The third kappa shape index (κ3) is 8.87. The standard InChI is InChI=1S/C80H55N9.Pt/c1-80(2,3)55-46-47-81-75(48-55)88-69-39-17-12-34-65(69)66-45-44-58(50-74(66)88)86(57-29-22-28-56(49-57)84-52-85(73-43-21-20-42-72(73)84)78-59(53-24-6-4-7-25-53)35-23-36-60(78)54-26-8-5-9-27-54)76-51-77(87-67-37-15-10-30-61(67)62-31-11-16-38-68(62)87)83-79(82-76)89-70-40-18-13-32-63(70)64-33-14-19-41-71(64)89;/h4-48,51H,1-3H3;/q-2;/i4D,5D,6D,7D,8D,9D,24D,25D,26D,27D;. The van der Waals surface area contributed by atoms with Gasteiger partial charge in [0.15, 0.2) is 0 Å². The molecule has 0 radical (unpaired) electrons. The van der Waals surface area contributed by atoms with Gasteiger partial charge >= 0.3 is 0 Å². The van der Waals surface area contributed by atoms with Crippen LogP contribution in [-0.2, 0) is 26.5 Å². The second kappa shape index (κ2) is 21.7. The number of rotatable bonds is 10. The van der Waals surface area contributed by atoms with E-state index in [2.05, 4.69) is 132 Å². The number of anilines is 3. The molecule has 17 aromatic rings. The Kier molecular flexibility index (Phi) is 10.7. The van der Waals surface area contributed by atoms with E-state index in [1.807, 2.05) is 126 Å². The monoisotopic (exact) mass is 1350 g/mol. The number of imidazole rings is 1. The van der Waals surface area contributed by atoms with Crippen LogP contribution < -0.4 is 9.47 Å². The fourth-order valence-electron chi connectivity index (χ4n) is 12.7. The van der Waals surface area contributed by atoms with Gasteiger partial charge in [0.05, 0.1) is 52.5 Å². The SMILES string of the molecule is [2H]c1c([2H])c([2H])c(-c2cccc(-c3c([2H])c([2H])c([2H])c([2H])c3[2H])c2-[n+]2[c-]n(-c3[c-]c(N(c4[c-]c5c(cc4)c4ccccc4n5-c4cc(C(C)(C)C)ccn4)c4cc(-n5c6ccccc6c6ccccc65)nc(-n5c6ccccc6c6ccccc65)n4)ccc3)c3ccccc32)c([2H])c1[2H].[Pt]. The van der Waals surface area contributed by atoms with Crippen molar-refractivity contribution < 1.29 is 39.3 Å². The smallest absolute Gasteiger partial charge is 0.268 e. The molecule has 6 heterocycles. The first-order chi connectivity index (χ1) is 47.9. The van der Waals surface area contributed by atoms with Gasteiger partial charge in [-0.25, -0.2) is 4.98 Å². The maximum absolute atomic E-state index is 9.32. The molecule has 0 aliphatic rings. The minimum absolute atomic E-state index is 0. The van der Waals surface area contributed by atoms with E-state index in [9.17, 15) is 5.48 Å². The van der Waals surface area contributed by atoms with Crippen molar-refractivity contribution in [1.29, 1.82) is 0 Å². The predicted molar refractivity (Wildman–Crippen MR) is 362 cm³/mol. The minimum atomic E-state index is -0.590. The predicted octanol–water partition coefficient (Wildman–Crippen LogP) is 18.9. The van der Waals surface area contributed by atoms with Crippen LogP contribution in [0, 0.1) is 18.5 Å². The molecule has 432 valence electrons. The quantitative estimate of drug-likeness (QED) is 0.101. The van der Waals surface area contributed by atoms with E-state index in [1.165, 1.54) is 0 Å². The van der Waals surface area contributed by atoms with E-state index in [0.29, 0.717) is 45.7 Å². The molecule has 0 fully saturated rings. The first-order valence-electron chi connectivity index (χ1n) is 34.3. The average Bonchev–Trinajstić information content (AvgIpc) is 1.51. The number of hydrogen-bond donors (Lipinski definition) is 0. The van der Waals surface area contributed by atoms with Gasteiger partial charge in [-0.05, 0) is 86.8 Å². The van der Waals surface area contributed by atoms with Crippen LogP contribution in [0.15, 0.2) is 279 Å². The number of pyridine rings is 1. The summed E-state index contributed by atoms with van der Waals surface area (Å²) in [5.74, 6) is 2.13. The fraction of sp³-hybridized carbons (Fsp3) is 0.0500. The van der Waals surface area contributed by atoms with Gasteiger partial charge in [-0.3, -0.25) is 13.7 Å². The molecule has 17 rings (SSSR count). The van der Waals surface area contributed by atoms with Crippen molar-refractivity contribution in [3.8, 4) is 51.2 Å². The van der Waals surface area contributed by atoms with E-state index < -0.39 is 60.4 Å². The summed E-state index contributed by atoms with van der Waals surface area (Å²) < 4.78 is 99.7. The molecule has 0 aliphatic heterocycles. The molecule has 0 amide bonds. The molecule has 0 atom stereocenters. The molecule has 0 unspecified atom stereocenters. The summed E-state index contributed by atoms with van der Waals surface area (Å²) in [6, 6.07) is 72.1. The van der Waals surface area contributed by atoms with Crippen LogP contribution in [0.25, 0.3) is 128 Å². The van der Waals surface area contributed by atoms with E-state index in [0.717, 1.165) is 76.8 Å². The Bertz CT molecular complexity index is 5900. The van der Waals surface area contributed by atoms with Gasteiger partial charge in [0.1, 0.15) is 17.5 Å². The van der Waals surface area contributed by atoms with Crippen molar-refractivity contribution in [3.63, 3.8) is 0 Å². The van der Waals surface area contributed by atoms with Crippen LogP contribution in [-0.4, -0.2) is 33.2 Å².